The second-order valence-corrected chi connectivity index (χ2v) is 2.63. The summed E-state index contributed by atoms with van der Waals surface area (Å²) in [5.74, 6) is -1.17. The highest BCUT2D eigenvalue weighted by molar-refractivity contribution is 5.95. The minimum Gasteiger partial charge on any atom is -0.478 e. The number of carboxylic acid groups (broad SMARTS) is 1. The number of carbonyl (C=O) groups is 2. The van der Waals surface area contributed by atoms with Crippen LogP contribution in [0.25, 0.3) is 0 Å². The number of carboxylic acids is 1. The summed E-state index contributed by atoms with van der Waals surface area (Å²) in [5, 5.41) is 8.75. The van der Waals surface area contributed by atoms with Crippen molar-refractivity contribution in [2.45, 2.75) is 6.61 Å². The van der Waals surface area contributed by atoms with Gasteiger partial charge in [-0.25, -0.2) is 4.79 Å². The van der Waals surface area contributed by atoms with Crippen LogP contribution in [0.1, 0.15) is 26.4 Å². The molecule has 1 rings (SSSR count). The molecule has 0 radical (unpaired) electrons. The van der Waals surface area contributed by atoms with E-state index < -0.39 is 5.97 Å². The lowest BCUT2D eigenvalue weighted by atomic mass is 10.1. The maximum Gasteiger partial charge on any atom is 0.338 e. The third-order valence-electron chi connectivity index (χ3n) is 1.63. The molecule has 0 aromatic carbocycles. The molecule has 1 aromatic rings. The smallest absolute Gasteiger partial charge is 0.338 e. The first kappa shape index (κ1) is 10.3. The molecule has 14 heavy (non-hydrogen) atoms. The van der Waals surface area contributed by atoms with Gasteiger partial charge in [0.15, 0.2) is 6.29 Å². The van der Waals surface area contributed by atoms with Gasteiger partial charge in [0.2, 0.25) is 0 Å². The van der Waals surface area contributed by atoms with Gasteiger partial charge in [0.05, 0.1) is 12.2 Å². The number of carbonyl (C=O) groups excluding carboxylic acids is 1. The highest BCUT2D eigenvalue weighted by Crippen LogP contribution is 2.08. The van der Waals surface area contributed by atoms with Gasteiger partial charge in [-0.15, -0.1) is 0 Å². The van der Waals surface area contributed by atoms with Gasteiger partial charge in [-0.2, -0.15) is 0 Å². The fraction of sp³-hybridized carbons (Fsp3) is 0.222. The van der Waals surface area contributed by atoms with E-state index >= 15 is 0 Å². The number of pyridine rings is 1. The number of hydrogen-bond donors (Lipinski definition) is 1. The van der Waals surface area contributed by atoms with Crippen molar-refractivity contribution >= 4 is 12.3 Å². The van der Waals surface area contributed by atoms with E-state index in [0.29, 0.717) is 11.8 Å². The second kappa shape index (κ2) is 4.48. The zero-order valence-corrected chi connectivity index (χ0v) is 7.56. The normalized spacial score (nSPS) is 9.79. The standard InChI is InChI=1S/C9H9NO4/c1-14-5-6-2-7(9(12)13)8(4-11)10-3-6/h2-4H,5H2,1H3,(H,12,13). The predicted molar refractivity (Wildman–Crippen MR) is 47.3 cm³/mol. The maximum atomic E-state index is 10.7. The summed E-state index contributed by atoms with van der Waals surface area (Å²) >= 11 is 0. The van der Waals surface area contributed by atoms with Crippen molar-refractivity contribution in [2.75, 3.05) is 7.11 Å². The Kier molecular flexibility index (Phi) is 3.30. The number of hydrogen-bond acceptors (Lipinski definition) is 4. The Morgan fingerprint density at radius 3 is 2.93 bits per heavy atom. The average Bonchev–Trinajstić information content (AvgIpc) is 2.18. The van der Waals surface area contributed by atoms with Gasteiger partial charge in [-0.05, 0) is 11.6 Å². The molecule has 0 bridgehead atoms. The Morgan fingerprint density at radius 1 is 1.71 bits per heavy atom. The van der Waals surface area contributed by atoms with Crippen LogP contribution < -0.4 is 0 Å². The summed E-state index contributed by atoms with van der Waals surface area (Å²) in [5.41, 5.74) is 0.447. The van der Waals surface area contributed by atoms with Gasteiger partial charge >= 0.3 is 5.97 Å². The fourth-order valence-corrected chi connectivity index (χ4v) is 1.03. The highest BCUT2D eigenvalue weighted by Gasteiger charge is 2.11. The molecule has 74 valence electrons. The molecule has 0 unspecified atom stereocenters. The zero-order chi connectivity index (χ0) is 10.6. The summed E-state index contributed by atoms with van der Waals surface area (Å²) in [7, 11) is 1.49. The molecule has 1 N–H and O–H groups in total. The van der Waals surface area contributed by atoms with Crippen molar-refractivity contribution in [1.29, 1.82) is 0 Å². The maximum absolute atomic E-state index is 10.7. The minimum absolute atomic E-state index is 0.0719. The van der Waals surface area contributed by atoms with Crippen LogP contribution in [0.4, 0.5) is 0 Å². The van der Waals surface area contributed by atoms with Crippen molar-refractivity contribution in [1.82, 2.24) is 4.98 Å². The first-order chi connectivity index (χ1) is 6.69. The molecule has 0 spiro atoms. The van der Waals surface area contributed by atoms with Gasteiger partial charge in [-0.1, -0.05) is 0 Å². The number of aldehydes is 1. The lowest BCUT2D eigenvalue weighted by Gasteiger charge is -2.02. The lowest BCUT2D eigenvalue weighted by Crippen LogP contribution is -2.05. The molecule has 0 saturated heterocycles. The molecule has 1 aromatic heterocycles. The molecule has 0 aliphatic carbocycles. The molecule has 0 saturated carbocycles. The van der Waals surface area contributed by atoms with Gasteiger partial charge in [0, 0.05) is 13.3 Å². The van der Waals surface area contributed by atoms with Crippen LogP contribution in [-0.2, 0) is 11.3 Å². The van der Waals surface area contributed by atoms with Crippen molar-refractivity contribution in [3.63, 3.8) is 0 Å². The molecule has 0 amide bonds. The first-order valence-corrected chi connectivity index (χ1v) is 3.85. The molecular formula is C9H9NO4. The number of ether oxygens (including phenoxy) is 1. The summed E-state index contributed by atoms with van der Waals surface area (Å²) < 4.78 is 4.81. The van der Waals surface area contributed by atoms with Crippen molar-refractivity contribution in [3.8, 4) is 0 Å². The molecule has 0 atom stereocenters. The van der Waals surface area contributed by atoms with Gasteiger partial charge < -0.3 is 9.84 Å². The van der Waals surface area contributed by atoms with E-state index in [9.17, 15) is 9.59 Å². The molecule has 0 aliphatic rings. The monoisotopic (exact) mass is 195 g/mol. The molecule has 0 aliphatic heterocycles. The predicted octanol–water partition coefficient (Wildman–Crippen LogP) is 0.739. The Morgan fingerprint density at radius 2 is 2.43 bits per heavy atom. The largest absolute Gasteiger partial charge is 0.478 e. The third kappa shape index (κ3) is 2.14. The molecule has 5 nitrogen and oxygen atoms in total. The summed E-state index contributed by atoms with van der Waals surface area (Å²) in [4.78, 5) is 24.8. The second-order valence-electron chi connectivity index (χ2n) is 2.63. The van der Waals surface area contributed by atoms with Crippen LogP contribution in [-0.4, -0.2) is 29.5 Å². The van der Waals surface area contributed by atoms with Crippen LogP contribution in [0.15, 0.2) is 12.3 Å². The first-order valence-electron chi connectivity index (χ1n) is 3.85. The Hall–Kier alpha value is -1.75. The van der Waals surface area contributed by atoms with E-state index in [-0.39, 0.29) is 17.9 Å². The van der Waals surface area contributed by atoms with Crippen LogP contribution in [0.5, 0.6) is 0 Å². The Labute approximate surface area is 80.3 Å². The SMILES string of the molecule is COCc1cnc(C=O)c(C(=O)O)c1. The number of nitrogens with zero attached hydrogens (tertiary/aromatic N) is 1. The van der Waals surface area contributed by atoms with Gasteiger partial charge in [0.25, 0.3) is 0 Å². The Balaban J connectivity index is 3.13. The summed E-state index contributed by atoms with van der Waals surface area (Å²) in [6.45, 7) is 0.270. The van der Waals surface area contributed by atoms with Crippen LogP contribution in [0.2, 0.25) is 0 Å². The summed E-state index contributed by atoms with van der Waals surface area (Å²) in [6, 6.07) is 1.38. The van der Waals surface area contributed by atoms with Crippen molar-refractivity contribution < 1.29 is 19.4 Å². The fourth-order valence-electron chi connectivity index (χ4n) is 1.03. The van der Waals surface area contributed by atoms with Crippen LogP contribution in [0, 0.1) is 0 Å². The average molecular weight is 195 g/mol. The van der Waals surface area contributed by atoms with Crippen LogP contribution in [0.3, 0.4) is 0 Å². The number of methoxy groups -OCH3 is 1. The van der Waals surface area contributed by atoms with Gasteiger partial charge in [0.1, 0.15) is 5.69 Å². The zero-order valence-electron chi connectivity index (χ0n) is 7.56. The number of rotatable bonds is 4. The quantitative estimate of drug-likeness (QED) is 0.717. The molecule has 1 heterocycles. The molecular weight excluding hydrogens is 186 g/mol. The summed E-state index contributed by atoms with van der Waals surface area (Å²) in [6.07, 6.45) is 1.83. The van der Waals surface area contributed by atoms with Crippen molar-refractivity contribution in [2.24, 2.45) is 0 Å². The molecule has 5 heteroatoms. The number of aromatic nitrogens is 1. The molecule has 0 fully saturated rings. The van der Waals surface area contributed by atoms with E-state index in [2.05, 4.69) is 4.98 Å². The third-order valence-corrected chi connectivity index (χ3v) is 1.63. The van der Waals surface area contributed by atoms with E-state index in [0.717, 1.165) is 0 Å². The topological polar surface area (TPSA) is 76.5 Å². The van der Waals surface area contributed by atoms with E-state index in [1.54, 1.807) is 0 Å². The minimum atomic E-state index is -1.17. The highest BCUT2D eigenvalue weighted by atomic mass is 16.5. The van der Waals surface area contributed by atoms with Gasteiger partial charge in [-0.3, -0.25) is 9.78 Å². The van der Waals surface area contributed by atoms with E-state index in [1.807, 2.05) is 0 Å². The van der Waals surface area contributed by atoms with Crippen molar-refractivity contribution in [3.05, 3.63) is 29.1 Å². The van der Waals surface area contributed by atoms with E-state index in [1.165, 1.54) is 19.4 Å². The Bertz CT molecular complexity index is 362. The lowest BCUT2D eigenvalue weighted by molar-refractivity contribution is 0.0693. The van der Waals surface area contributed by atoms with E-state index in [4.69, 9.17) is 9.84 Å². The number of aromatic carboxylic acids is 1. The van der Waals surface area contributed by atoms with Crippen LogP contribution >= 0.6 is 0 Å².